The van der Waals surface area contributed by atoms with Crippen molar-refractivity contribution < 1.29 is 14.6 Å². The van der Waals surface area contributed by atoms with Gasteiger partial charge in [0.15, 0.2) is 0 Å². The maximum Gasteiger partial charge on any atom is 0.304 e. The second-order valence-electron chi connectivity index (χ2n) is 3.69. The van der Waals surface area contributed by atoms with E-state index in [0.29, 0.717) is 6.54 Å². The first-order valence-corrected chi connectivity index (χ1v) is 5.20. The fourth-order valence-corrected chi connectivity index (χ4v) is 1.47. The van der Waals surface area contributed by atoms with Gasteiger partial charge in [0.25, 0.3) is 0 Å². The smallest absolute Gasteiger partial charge is 0.304 e. The van der Waals surface area contributed by atoms with Gasteiger partial charge in [-0.1, -0.05) is 18.2 Å². The topological polar surface area (TPSA) is 58.6 Å². The molecular weight excluding hydrogens is 206 g/mol. The zero-order valence-electron chi connectivity index (χ0n) is 9.56. The van der Waals surface area contributed by atoms with Gasteiger partial charge in [0.2, 0.25) is 0 Å². The number of hydrogen-bond acceptors (Lipinski definition) is 3. The van der Waals surface area contributed by atoms with Crippen molar-refractivity contribution in [1.82, 2.24) is 5.32 Å². The molecule has 1 aromatic carbocycles. The highest BCUT2D eigenvalue weighted by Crippen LogP contribution is 2.16. The van der Waals surface area contributed by atoms with E-state index >= 15 is 0 Å². The van der Waals surface area contributed by atoms with E-state index in [9.17, 15) is 4.79 Å². The van der Waals surface area contributed by atoms with E-state index < -0.39 is 5.97 Å². The van der Waals surface area contributed by atoms with Gasteiger partial charge in [-0.3, -0.25) is 4.79 Å². The molecule has 2 N–H and O–H groups in total. The first-order valence-electron chi connectivity index (χ1n) is 5.20. The van der Waals surface area contributed by atoms with E-state index in [-0.39, 0.29) is 12.5 Å². The zero-order chi connectivity index (χ0) is 12.0. The van der Waals surface area contributed by atoms with Crippen molar-refractivity contribution in [1.29, 1.82) is 0 Å². The number of carboxylic acids is 1. The molecule has 0 aliphatic carbocycles. The van der Waals surface area contributed by atoms with Gasteiger partial charge in [0.1, 0.15) is 5.75 Å². The summed E-state index contributed by atoms with van der Waals surface area (Å²) in [5.41, 5.74) is 1.03. The van der Waals surface area contributed by atoms with E-state index in [1.807, 2.05) is 31.2 Å². The largest absolute Gasteiger partial charge is 0.496 e. The van der Waals surface area contributed by atoms with Crippen LogP contribution in [0.5, 0.6) is 5.75 Å². The lowest BCUT2D eigenvalue weighted by Gasteiger charge is -2.13. The van der Waals surface area contributed by atoms with Gasteiger partial charge in [-0.05, 0) is 13.0 Å². The standard InChI is InChI=1S/C12H17NO3/c1-9(7-12(14)15)13-8-10-5-3-4-6-11(10)16-2/h3-6,9,13H,7-8H2,1-2H3,(H,14,15). The lowest BCUT2D eigenvalue weighted by atomic mass is 10.1. The minimum Gasteiger partial charge on any atom is -0.496 e. The van der Waals surface area contributed by atoms with Crippen molar-refractivity contribution >= 4 is 5.97 Å². The van der Waals surface area contributed by atoms with Gasteiger partial charge in [-0.2, -0.15) is 0 Å². The predicted octanol–water partition coefficient (Wildman–Crippen LogP) is 1.65. The quantitative estimate of drug-likeness (QED) is 0.769. The summed E-state index contributed by atoms with van der Waals surface area (Å²) in [4.78, 5) is 10.5. The number of carboxylic acid groups (broad SMARTS) is 1. The first kappa shape index (κ1) is 12.5. The second-order valence-corrected chi connectivity index (χ2v) is 3.69. The maximum atomic E-state index is 10.5. The van der Waals surface area contributed by atoms with Gasteiger partial charge in [0.05, 0.1) is 13.5 Å². The minimum atomic E-state index is -0.792. The maximum absolute atomic E-state index is 10.5. The van der Waals surface area contributed by atoms with E-state index in [0.717, 1.165) is 11.3 Å². The van der Waals surface area contributed by atoms with Crippen LogP contribution in [0.25, 0.3) is 0 Å². The van der Waals surface area contributed by atoms with Crippen molar-refractivity contribution in [2.45, 2.75) is 25.9 Å². The van der Waals surface area contributed by atoms with Crippen LogP contribution in [0.2, 0.25) is 0 Å². The molecule has 0 fully saturated rings. The Kier molecular flexibility index (Phi) is 4.79. The van der Waals surface area contributed by atoms with Gasteiger partial charge >= 0.3 is 5.97 Å². The first-order chi connectivity index (χ1) is 7.63. The zero-order valence-corrected chi connectivity index (χ0v) is 9.56. The highest BCUT2D eigenvalue weighted by Gasteiger charge is 2.08. The molecule has 0 bridgehead atoms. The van der Waals surface area contributed by atoms with Gasteiger partial charge < -0.3 is 15.2 Å². The summed E-state index contributed by atoms with van der Waals surface area (Å²) >= 11 is 0. The molecule has 0 radical (unpaired) electrons. The Morgan fingerprint density at radius 3 is 2.81 bits per heavy atom. The third-order valence-corrected chi connectivity index (χ3v) is 2.31. The van der Waals surface area contributed by atoms with E-state index in [1.165, 1.54) is 0 Å². The summed E-state index contributed by atoms with van der Waals surface area (Å²) in [7, 11) is 1.62. The Bertz CT molecular complexity index is 352. The molecule has 88 valence electrons. The highest BCUT2D eigenvalue weighted by molar-refractivity contribution is 5.67. The molecule has 0 aliphatic heterocycles. The van der Waals surface area contributed by atoms with Crippen LogP contribution in [0.1, 0.15) is 18.9 Å². The molecule has 4 nitrogen and oxygen atoms in total. The van der Waals surface area contributed by atoms with Crippen LogP contribution in [0.4, 0.5) is 0 Å². The highest BCUT2D eigenvalue weighted by atomic mass is 16.5. The fraction of sp³-hybridized carbons (Fsp3) is 0.417. The molecule has 16 heavy (non-hydrogen) atoms. The number of hydrogen-bond donors (Lipinski definition) is 2. The number of rotatable bonds is 6. The average molecular weight is 223 g/mol. The molecule has 1 unspecified atom stereocenters. The molecule has 0 heterocycles. The molecule has 1 rings (SSSR count). The van der Waals surface area contributed by atoms with E-state index in [4.69, 9.17) is 9.84 Å². The molecule has 0 aliphatic rings. The lowest BCUT2D eigenvalue weighted by molar-refractivity contribution is -0.137. The Balaban J connectivity index is 2.50. The summed E-state index contributed by atoms with van der Waals surface area (Å²) in [5.74, 6) is 0.0255. The van der Waals surface area contributed by atoms with E-state index in [1.54, 1.807) is 7.11 Å². The molecule has 4 heteroatoms. The van der Waals surface area contributed by atoms with Crippen LogP contribution in [0, 0.1) is 0 Å². The number of para-hydroxylation sites is 1. The van der Waals surface area contributed by atoms with Crippen molar-refractivity contribution in [2.24, 2.45) is 0 Å². The SMILES string of the molecule is COc1ccccc1CNC(C)CC(=O)O. The summed E-state index contributed by atoms with van der Waals surface area (Å²) in [6.45, 7) is 2.46. The number of benzene rings is 1. The van der Waals surface area contributed by atoms with Gasteiger partial charge in [-0.25, -0.2) is 0 Å². The van der Waals surface area contributed by atoms with Crippen molar-refractivity contribution in [3.05, 3.63) is 29.8 Å². The van der Waals surface area contributed by atoms with Gasteiger partial charge in [0, 0.05) is 18.2 Å². The number of methoxy groups -OCH3 is 1. The average Bonchev–Trinajstić information content (AvgIpc) is 2.26. The van der Waals surface area contributed by atoms with Crippen LogP contribution in [0.3, 0.4) is 0 Å². The number of carbonyl (C=O) groups is 1. The van der Waals surface area contributed by atoms with Crippen LogP contribution in [-0.4, -0.2) is 24.2 Å². The summed E-state index contributed by atoms with van der Waals surface area (Å²) in [6, 6.07) is 7.63. The molecule has 0 saturated heterocycles. The van der Waals surface area contributed by atoms with Crippen molar-refractivity contribution in [2.75, 3.05) is 7.11 Å². The second kappa shape index (κ2) is 6.12. The Labute approximate surface area is 95.2 Å². The predicted molar refractivity (Wildman–Crippen MR) is 61.5 cm³/mol. The molecule has 0 saturated carbocycles. The molecule has 1 aromatic rings. The summed E-state index contributed by atoms with van der Waals surface area (Å²) in [5, 5.41) is 11.8. The Morgan fingerprint density at radius 2 is 2.19 bits per heavy atom. The monoisotopic (exact) mass is 223 g/mol. The lowest BCUT2D eigenvalue weighted by Crippen LogP contribution is -2.28. The fourth-order valence-electron chi connectivity index (χ4n) is 1.47. The molecule has 0 aromatic heterocycles. The summed E-state index contributed by atoms with van der Waals surface area (Å²) in [6.07, 6.45) is 0.120. The molecule has 0 spiro atoms. The van der Waals surface area contributed by atoms with Gasteiger partial charge in [-0.15, -0.1) is 0 Å². The van der Waals surface area contributed by atoms with Crippen molar-refractivity contribution in [3.63, 3.8) is 0 Å². The molecular formula is C12H17NO3. The third-order valence-electron chi connectivity index (χ3n) is 2.31. The number of ether oxygens (including phenoxy) is 1. The third kappa shape index (κ3) is 3.90. The van der Waals surface area contributed by atoms with Crippen LogP contribution >= 0.6 is 0 Å². The van der Waals surface area contributed by atoms with Crippen LogP contribution < -0.4 is 10.1 Å². The normalized spacial score (nSPS) is 12.1. The molecule has 1 atom stereocenters. The number of aliphatic carboxylic acids is 1. The van der Waals surface area contributed by atoms with Crippen LogP contribution in [0.15, 0.2) is 24.3 Å². The Hall–Kier alpha value is -1.55. The van der Waals surface area contributed by atoms with Crippen molar-refractivity contribution in [3.8, 4) is 5.75 Å². The Morgan fingerprint density at radius 1 is 1.50 bits per heavy atom. The minimum absolute atomic E-state index is 0.0533. The molecule has 0 amide bonds. The summed E-state index contributed by atoms with van der Waals surface area (Å²) < 4.78 is 5.20. The van der Waals surface area contributed by atoms with E-state index in [2.05, 4.69) is 5.32 Å². The van der Waals surface area contributed by atoms with Crippen LogP contribution in [-0.2, 0) is 11.3 Å². The number of nitrogens with one attached hydrogen (secondary N) is 1.